The third-order valence-corrected chi connectivity index (χ3v) is 6.03. The predicted octanol–water partition coefficient (Wildman–Crippen LogP) is 4.47. The number of rotatable bonds is 4. The molecule has 1 saturated heterocycles. The van der Waals surface area contributed by atoms with Crippen LogP contribution < -0.4 is 0 Å². The Hall–Kier alpha value is -0.520. The molecule has 4 nitrogen and oxygen atoms in total. The molecule has 1 saturated carbocycles. The second-order valence-electron chi connectivity index (χ2n) is 6.65. The van der Waals surface area contributed by atoms with Crippen LogP contribution in [0.4, 0.5) is 0 Å². The largest absolute Gasteiger partial charge is 0.481 e. The van der Waals surface area contributed by atoms with E-state index < -0.39 is 11.9 Å². The van der Waals surface area contributed by atoms with E-state index in [4.69, 9.17) is 27.9 Å². The van der Waals surface area contributed by atoms with Gasteiger partial charge in [-0.1, -0.05) is 42.1 Å². The molecule has 1 aliphatic carbocycles. The van der Waals surface area contributed by atoms with E-state index in [9.17, 15) is 9.90 Å². The Kier molecular flexibility index (Phi) is 7.84. The molecule has 0 bridgehead atoms. The standard InChI is InChI=1S/C18H23Cl2NO3.ClH/c19-14-6-5-12(11-15(14)20)17(18(22)23)13-3-1-2-4-16(13)21-7-9-24-10-8-21;/h5-6,11,13,16-17H,1-4,7-10H2,(H,22,23);1H/t13-,16-,17?;/m1./s1. The molecule has 1 heterocycles. The fourth-order valence-corrected chi connectivity index (χ4v) is 4.48. The third-order valence-electron chi connectivity index (χ3n) is 5.29. The van der Waals surface area contributed by atoms with Crippen LogP contribution in [0.2, 0.25) is 10.0 Å². The normalized spacial score (nSPS) is 25.8. The first-order valence-electron chi connectivity index (χ1n) is 8.57. The van der Waals surface area contributed by atoms with Gasteiger partial charge in [-0.3, -0.25) is 9.69 Å². The lowest BCUT2D eigenvalue weighted by Gasteiger charge is -2.43. The predicted molar refractivity (Wildman–Crippen MR) is 102 cm³/mol. The van der Waals surface area contributed by atoms with E-state index in [0.29, 0.717) is 16.1 Å². The summed E-state index contributed by atoms with van der Waals surface area (Å²) in [6.45, 7) is 3.23. The van der Waals surface area contributed by atoms with E-state index >= 15 is 0 Å². The summed E-state index contributed by atoms with van der Waals surface area (Å²) in [5, 5.41) is 10.8. The summed E-state index contributed by atoms with van der Waals surface area (Å²) >= 11 is 12.1. The molecule has 1 aromatic rings. The zero-order valence-corrected chi connectivity index (χ0v) is 16.3. The second kappa shape index (κ2) is 9.43. The highest BCUT2D eigenvalue weighted by molar-refractivity contribution is 6.42. The number of aliphatic carboxylic acids is 1. The minimum Gasteiger partial charge on any atom is -0.481 e. The molecule has 0 amide bonds. The van der Waals surface area contributed by atoms with E-state index in [0.717, 1.165) is 57.6 Å². The maximum absolute atomic E-state index is 12.1. The van der Waals surface area contributed by atoms with Crippen molar-refractivity contribution in [3.63, 3.8) is 0 Å². The van der Waals surface area contributed by atoms with Gasteiger partial charge in [-0.2, -0.15) is 0 Å². The van der Waals surface area contributed by atoms with Gasteiger partial charge in [-0.15, -0.1) is 12.4 Å². The molecular weight excluding hydrogens is 385 g/mol. The van der Waals surface area contributed by atoms with Crippen molar-refractivity contribution in [2.24, 2.45) is 5.92 Å². The van der Waals surface area contributed by atoms with Crippen molar-refractivity contribution in [3.8, 4) is 0 Å². The Morgan fingerprint density at radius 3 is 2.48 bits per heavy atom. The Morgan fingerprint density at radius 1 is 1.16 bits per heavy atom. The van der Waals surface area contributed by atoms with Crippen molar-refractivity contribution < 1.29 is 14.6 Å². The van der Waals surface area contributed by atoms with Crippen LogP contribution in [-0.2, 0) is 9.53 Å². The van der Waals surface area contributed by atoms with Gasteiger partial charge in [-0.05, 0) is 36.5 Å². The molecule has 3 rings (SSSR count). The minimum atomic E-state index is -0.779. The van der Waals surface area contributed by atoms with Gasteiger partial charge in [0.2, 0.25) is 0 Å². The maximum Gasteiger partial charge on any atom is 0.311 e. The quantitative estimate of drug-likeness (QED) is 0.798. The van der Waals surface area contributed by atoms with Crippen molar-refractivity contribution in [2.75, 3.05) is 26.3 Å². The maximum atomic E-state index is 12.1. The van der Waals surface area contributed by atoms with Gasteiger partial charge in [-0.25, -0.2) is 0 Å². The Labute approximate surface area is 164 Å². The summed E-state index contributed by atoms with van der Waals surface area (Å²) < 4.78 is 5.46. The number of hydrogen-bond donors (Lipinski definition) is 1. The first-order chi connectivity index (χ1) is 11.6. The number of halogens is 3. The molecule has 1 unspecified atom stereocenters. The molecule has 3 atom stereocenters. The number of hydrogen-bond acceptors (Lipinski definition) is 3. The topological polar surface area (TPSA) is 49.8 Å². The van der Waals surface area contributed by atoms with Gasteiger partial charge >= 0.3 is 5.97 Å². The highest BCUT2D eigenvalue weighted by Crippen LogP contribution is 2.40. The van der Waals surface area contributed by atoms with Crippen LogP contribution in [0.15, 0.2) is 18.2 Å². The van der Waals surface area contributed by atoms with Gasteiger partial charge in [0.05, 0.1) is 29.2 Å². The van der Waals surface area contributed by atoms with E-state index in [-0.39, 0.29) is 18.3 Å². The summed E-state index contributed by atoms with van der Waals surface area (Å²) in [5.74, 6) is -1.24. The molecule has 0 radical (unpaired) electrons. The first kappa shape index (κ1) is 20.8. The summed E-state index contributed by atoms with van der Waals surface area (Å²) in [4.78, 5) is 14.5. The monoisotopic (exact) mass is 407 g/mol. The first-order valence-corrected chi connectivity index (χ1v) is 9.33. The van der Waals surface area contributed by atoms with E-state index in [1.807, 2.05) is 0 Å². The molecule has 25 heavy (non-hydrogen) atoms. The number of morpholine rings is 1. The number of carboxylic acid groups (broad SMARTS) is 1. The van der Waals surface area contributed by atoms with Crippen molar-refractivity contribution in [1.82, 2.24) is 4.90 Å². The van der Waals surface area contributed by atoms with Crippen LogP contribution in [0.25, 0.3) is 0 Å². The fraction of sp³-hybridized carbons (Fsp3) is 0.611. The summed E-state index contributed by atoms with van der Waals surface area (Å²) in [6.07, 6.45) is 4.22. The highest BCUT2D eigenvalue weighted by atomic mass is 35.5. The van der Waals surface area contributed by atoms with Crippen molar-refractivity contribution in [1.29, 1.82) is 0 Å². The number of nitrogens with zero attached hydrogens (tertiary/aromatic N) is 1. The van der Waals surface area contributed by atoms with Gasteiger partial charge in [0.25, 0.3) is 0 Å². The Morgan fingerprint density at radius 2 is 1.84 bits per heavy atom. The lowest BCUT2D eigenvalue weighted by molar-refractivity contribution is -0.141. The highest BCUT2D eigenvalue weighted by Gasteiger charge is 2.40. The van der Waals surface area contributed by atoms with Gasteiger partial charge < -0.3 is 9.84 Å². The SMILES string of the molecule is Cl.O=C(O)C(c1ccc(Cl)c(Cl)c1)[C@@H]1CCCC[C@H]1N1CCOCC1. The summed E-state index contributed by atoms with van der Waals surface area (Å²) in [5.41, 5.74) is 0.752. The molecule has 0 spiro atoms. The van der Waals surface area contributed by atoms with Crippen LogP contribution in [-0.4, -0.2) is 48.3 Å². The van der Waals surface area contributed by atoms with E-state index in [1.54, 1.807) is 18.2 Å². The molecule has 140 valence electrons. The smallest absolute Gasteiger partial charge is 0.311 e. The Bertz CT molecular complexity index is 593. The molecule has 1 aliphatic heterocycles. The lowest BCUT2D eigenvalue weighted by atomic mass is 9.73. The molecule has 7 heteroatoms. The molecular formula is C18H24Cl3NO3. The minimum absolute atomic E-state index is 0. The Balaban J connectivity index is 0.00000225. The second-order valence-corrected chi connectivity index (χ2v) is 7.47. The number of carboxylic acids is 1. The molecule has 1 N–H and O–H groups in total. The zero-order valence-electron chi connectivity index (χ0n) is 14.0. The molecule has 2 aliphatic rings. The number of ether oxygens (including phenoxy) is 1. The van der Waals surface area contributed by atoms with Gasteiger partial charge in [0.1, 0.15) is 0 Å². The zero-order chi connectivity index (χ0) is 17.1. The van der Waals surface area contributed by atoms with Gasteiger partial charge in [0.15, 0.2) is 0 Å². The summed E-state index contributed by atoms with van der Waals surface area (Å²) in [7, 11) is 0. The third kappa shape index (κ3) is 4.81. The van der Waals surface area contributed by atoms with Crippen molar-refractivity contribution in [3.05, 3.63) is 33.8 Å². The number of carbonyl (C=O) groups is 1. The lowest BCUT2D eigenvalue weighted by Crippen LogP contribution is -2.50. The summed E-state index contributed by atoms with van der Waals surface area (Å²) in [6, 6.07) is 5.51. The van der Waals surface area contributed by atoms with E-state index in [1.165, 1.54) is 0 Å². The fourth-order valence-electron chi connectivity index (χ4n) is 4.17. The van der Waals surface area contributed by atoms with Crippen LogP contribution in [0.5, 0.6) is 0 Å². The van der Waals surface area contributed by atoms with E-state index in [2.05, 4.69) is 4.90 Å². The molecule has 2 fully saturated rings. The van der Waals surface area contributed by atoms with Crippen molar-refractivity contribution >= 4 is 41.6 Å². The van der Waals surface area contributed by atoms with Crippen LogP contribution in [0, 0.1) is 5.92 Å². The number of benzene rings is 1. The average molecular weight is 409 g/mol. The molecule has 0 aromatic heterocycles. The van der Waals surface area contributed by atoms with Gasteiger partial charge in [0, 0.05) is 19.1 Å². The van der Waals surface area contributed by atoms with Crippen LogP contribution in [0.1, 0.15) is 37.2 Å². The van der Waals surface area contributed by atoms with Crippen LogP contribution in [0.3, 0.4) is 0 Å². The average Bonchev–Trinajstić information content (AvgIpc) is 2.59. The van der Waals surface area contributed by atoms with Crippen LogP contribution >= 0.6 is 35.6 Å². The van der Waals surface area contributed by atoms with Crippen molar-refractivity contribution in [2.45, 2.75) is 37.6 Å². The molecule has 1 aromatic carbocycles.